The molecule has 7 heteroatoms. The molecule has 2 aliphatic rings. The number of nitrogens with zero attached hydrogens (tertiary/aromatic N) is 2. The molecule has 0 fully saturated rings. The van der Waals surface area contributed by atoms with Gasteiger partial charge in [-0.1, -0.05) is 30.3 Å². The Morgan fingerprint density at radius 1 is 0.938 bits per heavy atom. The molecule has 164 valence electrons. The Balaban J connectivity index is 1.61. The second kappa shape index (κ2) is 8.07. The van der Waals surface area contributed by atoms with Gasteiger partial charge in [0.25, 0.3) is 0 Å². The molecule has 32 heavy (non-hydrogen) atoms. The van der Waals surface area contributed by atoms with Gasteiger partial charge in [-0.05, 0) is 35.9 Å². The fourth-order valence-corrected chi connectivity index (χ4v) is 4.31. The molecule has 0 aromatic heterocycles. The first-order valence-corrected chi connectivity index (χ1v) is 10.3. The summed E-state index contributed by atoms with van der Waals surface area (Å²) in [6.45, 7) is 0. The van der Waals surface area contributed by atoms with E-state index in [1.165, 1.54) is 12.1 Å². The van der Waals surface area contributed by atoms with Crippen molar-refractivity contribution in [3.63, 3.8) is 0 Å². The highest BCUT2D eigenvalue weighted by Crippen LogP contribution is 2.49. The average molecular weight is 434 g/mol. The van der Waals surface area contributed by atoms with Gasteiger partial charge in [0.05, 0.1) is 33.1 Å². The first-order valence-electron chi connectivity index (χ1n) is 10.3. The molecule has 0 saturated heterocycles. The van der Waals surface area contributed by atoms with E-state index < -0.39 is 6.23 Å². The summed E-state index contributed by atoms with van der Waals surface area (Å²) >= 11 is 0. The summed E-state index contributed by atoms with van der Waals surface area (Å²) in [5.74, 6) is 2.14. The highest BCUT2D eigenvalue weighted by Gasteiger charge is 2.41. The maximum absolute atomic E-state index is 13.5. The van der Waals surface area contributed by atoms with E-state index in [1.807, 2.05) is 35.3 Å². The van der Waals surface area contributed by atoms with Crippen molar-refractivity contribution in [2.75, 3.05) is 21.3 Å². The largest absolute Gasteiger partial charge is 0.493 e. The van der Waals surface area contributed by atoms with Gasteiger partial charge in [-0.25, -0.2) is 9.40 Å². The predicted molar refractivity (Wildman–Crippen MR) is 118 cm³/mol. The topological polar surface area (TPSA) is 52.5 Å². The Morgan fingerprint density at radius 3 is 2.28 bits per heavy atom. The van der Waals surface area contributed by atoms with Gasteiger partial charge < -0.3 is 18.9 Å². The zero-order chi connectivity index (χ0) is 22.2. The van der Waals surface area contributed by atoms with Crippen molar-refractivity contribution in [2.24, 2.45) is 5.10 Å². The van der Waals surface area contributed by atoms with Gasteiger partial charge in [0.15, 0.2) is 11.5 Å². The summed E-state index contributed by atoms with van der Waals surface area (Å²) in [6.07, 6.45) is 0.189. The summed E-state index contributed by atoms with van der Waals surface area (Å²) in [6, 6.07) is 18.1. The first kappa shape index (κ1) is 20.2. The maximum Gasteiger partial charge on any atom is 0.214 e. The fourth-order valence-electron chi connectivity index (χ4n) is 4.31. The molecule has 0 aliphatic carbocycles. The normalized spacial score (nSPS) is 18.9. The van der Waals surface area contributed by atoms with Crippen LogP contribution in [0.4, 0.5) is 4.39 Å². The molecule has 3 aromatic rings. The van der Waals surface area contributed by atoms with Crippen LogP contribution in [0.5, 0.6) is 23.0 Å². The van der Waals surface area contributed by atoms with E-state index >= 15 is 0 Å². The minimum Gasteiger partial charge on any atom is -0.493 e. The summed E-state index contributed by atoms with van der Waals surface area (Å²) in [7, 11) is 4.74. The van der Waals surface area contributed by atoms with Gasteiger partial charge in [-0.2, -0.15) is 5.10 Å². The fraction of sp³-hybridized carbons (Fsp3) is 0.240. The van der Waals surface area contributed by atoms with E-state index in [1.54, 1.807) is 33.5 Å². The highest BCUT2D eigenvalue weighted by atomic mass is 19.1. The minimum absolute atomic E-state index is 0.0101. The van der Waals surface area contributed by atoms with Crippen LogP contribution in [0.15, 0.2) is 65.8 Å². The SMILES string of the molecule is COc1cc([C@H]2Oc3ccccc3[C@@H]3CC(c4ccc(F)cc4)=NN23)cc(OC)c1OC. The molecule has 0 radical (unpaired) electrons. The molecule has 2 heterocycles. The number of ether oxygens (including phenoxy) is 4. The average Bonchev–Trinajstić information content (AvgIpc) is 3.28. The van der Waals surface area contributed by atoms with Crippen LogP contribution >= 0.6 is 0 Å². The van der Waals surface area contributed by atoms with Crippen molar-refractivity contribution in [1.82, 2.24) is 5.01 Å². The molecule has 0 N–H and O–H groups in total. The standard InChI is InChI=1S/C25H23FN2O4/c1-29-22-12-16(13-23(30-2)24(22)31-3)25-28-20(18-6-4-5-7-21(18)32-25)14-19(27-28)15-8-10-17(26)11-9-15/h4-13,20,25H,14H2,1-3H3/t20-,25+/m0/s1. The summed E-state index contributed by atoms with van der Waals surface area (Å²) < 4.78 is 36.4. The van der Waals surface area contributed by atoms with Gasteiger partial charge in [-0.15, -0.1) is 0 Å². The van der Waals surface area contributed by atoms with Gasteiger partial charge in [0.2, 0.25) is 12.0 Å². The number of hydrogen-bond donors (Lipinski definition) is 0. The molecule has 0 saturated carbocycles. The predicted octanol–water partition coefficient (Wildman–Crippen LogP) is 5.09. The zero-order valence-electron chi connectivity index (χ0n) is 18.0. The monoisotopic (exact) mass is 434 g/mol. The lowest BCUT2D eigenvalue weighted by Gasteiger charge is -2.38. The highest BCUT2D eigenvalue weighted by molar-refractivity contribution is 6.01. The van der Waals surface area contributed by atoms with Crippen LogP contribution in [0.1, 0.15) is 35.4 Å². The third kappa shape index (κ3) is 3.30. The van der Waals surface area contributed by atoms with Crippen molar-refractivity contribution in [1.29, 1.82) is 0 Å². The molecule has 0 bridgehead atoms. The van der Waals surface area contributed by atoms with Gasteiger partial charge in [0.1, 0.15) is 11.6 Å². The van der Waals surface area contributed by atoms with Crippen molar-refractivity contribution in [3.8, 4) is 23.0 Å². The van der Waals surface area contributed by atoms with Crippen molar-refractivity contribution in [3.05, 3.63) is 83.2 Å². The van der Waals surface area contributed by atoms with E-state index in [4.69, 9.17) is 24.0 Å². The quantitative estimate of drug-likeness (QED) is 0.560. The number of halogens is 1. The zero-order valence-corrected chi connectivity index (χ0v) is 18.0. The van der Waals surface area contributed by atoms with Crippen LogP contribution < -0.4 is 18.9 Å². The third-order valence-corrected chi connectivity index (χ3v) is 5.85. The lowest BCUT2D eigenvalue weighted by molar-refractivity contribution is -0.0192. The molecule has 2 aliphatic heterocycles. The number of hydrazone groups is 1. The van der Waals surface area contributed by atoms with Crippen LogP contribution in [0.2, 0.25) is 0 Å². The van der Waals surface area contributed by atoms with Crippen LogP contribution in [0.3, 0.4) is 0 Å². The van der Waals surface area contributed by atoms with Gasteiger partial charge >= 0.3 is 0 Å². The van der Waals surface area contributed by atoms with Gasteiger partial charge in [0, 0.05) is 17.5 Å². The molecule has 3 aromatic carbocycles. The summed E-state index contributed by atoms with van der Waals surface area (Å²) in [4.78, 5) is 0. The number of fused-ring (bicyclic) bond motifs is 3. The number of para-hydroxylation sites is 1. The number of benzene rings is 3. The van der Waals surface area contributed by atoms with Gasteiger partial charge in [-0.3, -0.25) is 0 Å². The lowest BCUT2D eigenvalue weighted by atomic mass is 9.96. The number of rotatable bonds is 5. The summed E-state index contributed by atoms with van der Waals surface area (Å²) in [5, 5.41) is 6.87. The lowest BCUT2D eigenvalue weighted by Crippen LogP contribution is -2.33. The van der Waals surface area contributed by atoms with E-state index in [9.17, 15) is 4.39 Å². The Hall–Kier alpha value is -3.74. The van der Waals surface area contributed by atoms with E-state index in [0.29, 0.717) is 23.7 Å². The molecule has 6 nitrogen and oxygen atoms in total. The van der Waals surface area contributed by atoms with Crippen LogP contribution in [0.25, 0.3) is 0 Å². The first-order chi connectivity index (χ1) is 15.6. The smallest absolute Gasteiger partial charge is 0.214 e. The van der Waals surface area contributed by atoms with Crippen molar-refractivity contribution in [2.45, 2.75) is 18.7 Å². The number of methoxy groups -OCH3 is 3. The number of hydrogen-bond acceptors (Lipinski definition) is 6. The Morgan fingerprint density at radius 2 is 1.62 bits per heavy atom. The third-order valence-electron chi connectivity index (χ3n) is 5.85. The molecule has 5 rings (SSSR count). The van der Waals surface area contributed by atoms with Crippen LogP contribution in [-0.2, 0) is 0 Å². The maximum atomic E-state index is 13.5. The Kier molecular flexibility index (Phi) is 5.09. The second-order valence-electron chi connectivity index (χ2n) is 7.62. The van der Waals surface area contributed by atoms with E-state index in [-0.39, 0.29) is 11.9 Å². The van der Waals surface area contributed by atoms with Crippen LogP contribution in [-0.4, -0.2) is 32.0 Å². The Bertz CT molecular complexity index is 1150. The Labute approximate surface area is 185 Å². The molecule has 0 unspecified atom stereocenters. The molecular formula is C25H23FN2O4. The summed E-state index contributed by atoms with van der Waals surface area (Å²) in [5.41, 5.74) is 3.66. The van der Waals surface area contributed by atoms with E-state index in [2.05, 4.69) is 6.07 Å². The van der Waals surface area contributed by atoms with E-state index in [0.717, 1.165) is 28.2 Å². The second-order valence-corrected chi connectivity index (χ2v) is 7.62. The molecule has 0 spiro atoms. The van der Waals surface area contributed by atoms with Crippen LogP contribution in [0, 0.1) is 5.82 Å². The van der Waals surface area contributed by atoms with Crippen molar-refractivity contribution >= 4 is 5.71 Å². The molecule has 0 amide bonds. The molecule has 2 atom stereocenters. The minimum atomic E-state index is -0.499. The molecular weight excluding hydrogens is 411 g/mol. The van der Waals surface area contributed by atoms with Crippen molar-refractivity contribution < 1.29 is 23.3 Å².